The van der Waals surface area contributed by atoms with E-state index in [9.17, 15) is 10.2 Å². The first-order chi connectivity index (χ1) is 13.2. The third kappa shape index (κ3) is 2.59. The highest BCUT2D eigenvalue weighted by Gasteiger charge is 2.71. The fraction of sp³-hybridized carbons (Fsp3) is 0.333. The van der Waals surface area contributed by atoms with Gasteiger partial charge in [-0.25, -0.2) is 0 Å². The largest absolute Gasteiger partial charge is 0.396 e. The van der Waals surface area contributed by atoms with Gasteiger partial charge in [0.05, 0.1) is 6.10 Å². The van der Waals surface area contributed by atoms with Crippen LogP contribution in [0.25, 0.3) is 10.6 Å². The van der Waals surface area contributed by atoms with Gasteiger partial charge in [-0.2, -0.15) is 0 Å². The quantitative estimate of drug-likeness (QED) is 0.730. The van der Waals surface area contributed by atoms with Crippen molar-refractivity contribution in [3.05, 3.63) is 66.2 Å². The lowest BCUT2D eigenvalue weighted by Gasteiger charge is -2.15. The normalized spacial score (nSPS) is 29.4. The van der Waals surface area contributed by atoms with Crippen molar-refractivity contribution in [2.75, 3.05) is 24.6 Å². The van der Waals surface area contributed by atoms with E-state index in [2.05, 4.69) is 27.2 Å². The number of aliphatic hydroxyl groups excluding tert-OH is 2. The van der Waals surface area contributed by atoms with E-state index in [-0.39, 0.29) is 23.9 Å². The molecule has 1 aliphatic carbocycles. The van der Waals surface area contributed by atoms with Crippen LogP contribution in [0.4, 0.5) is 5.13 Å². The first-order valence-electron chi connectivity index (χ1n) is 9.22. The highest BCUT2D eigenvalue weighted by Crippen LogP contribution is 2.69. The maximum Gasteiger partial charge on any atom is 0.208 e. The van der Waals surface area contributed by atoms with Gasteiger partial charge in [0, 0.05) is 30.7 Å². The zero-order valence-corrected chi connectivity index (χ0v) is 15.6. The van der Waals surface area contributed by atoms with Crippen molar-refractivity contribution in [1.29, 1.82) is 0 Å². The molecule has 1 aliphatic heterocycles. The fourth-order valence-electron chi connectivity index (χ4n) is 4.75. The predicted octanol–water partition coefficient (Wildman–Crippen LogP) is 2.78. The van der Waals surface area contributed by atoms with Crippen LogP contribution < -0.4 is 4.90 Å². The van der Waals surface area contributed by atoms with Gasteiger partial charge in [0.1, 0.15) is 5.01 Å². The monoisotopic (exact) mass is 379 g/mol. The summed E-state index contributed by atoms with van der Waals surface area (Å²) in [6.07, 6.45) is -0.482. The molecule has 0 amide bonds. The minimum atomic E-state index is -0.482. The average Bonchev–Trinajstić information content (AvgIpc) is 2.98. The first-order valence-corrected chi connectivity index (χ1v) is 10.0. The molecular formula is C21H21N3O2S. The van der Waals surface area contributed by atoms with Gasteiger partial charge in [0.25, 0.3) is 0 Å². The molecule has 5 nitrogen and oxygen atoms in total. The molecule has 0 bridgehead atoms. The Morgan fingerprint density at radius 3 is 2.44 bits per heavy atom. The number of aromatic nitrogens is 2. The predicted molar refractivity (Wildman–Crippen MR) is 106 cm³/mol. The molecule has 1 aromatic heterocycles. The number of rotatable bonds is 4. The van der Waals surface area contributed by atoms with Crippen molar-refractivity contribution in [3.8, 4) is 10.6 Å². The Balaban J connectivity index is 1.41. The fourth-order valence-corrected chi connectivity index (χ4v) is 5.61. The van der Waals surface area contributed by atoms with Gasteiger partial charge >= 0.3 is 0 Å². The van der Waals surface area contributed by atoms with E-state index >= 15 is 0 Å². The summed E-state index contributed by atoms with van der Waals surface area (Å²) in [5.41, 5.74) is 1.95. The standard InChI is InChI=1S/C21H21N3O2S/c25-12-16-18(14-7-3-1-4-8-14)21(16)13-24(11-17(21)26)20-23-22-19(27-20)15-9-5-2-6-10-15/h1-10,16-18,25-26H,11-13H2/t16-,17-,18-,21-/m1/s1. The van der Waals surface area contributed by atoms with Crippen LogP contribution >= 0.6 is 11.3 Å². The van der Waals surface area contributed by atoms with Gasteiger partial charge in [-0.3, -0.25) is 0 Å². The minimum Gasteiger partial charge on any atom is -0.396 e. The molecule has 27 heavy (non-hydrogen) atoms. The molecule has 2 aliphatic rings. The smallest absolute Gasteiger partial charge is 0.208 e. The number of hydrogen-bond donors (Lipinski definition) is 2. The van der Waals surface area contributed by atoms with Gasteiger partial charge in [0.2, 0.25) is 5.13 Å². The second-order valence-electron chi connectivity index (χ2n) is 7.44. The Bertz CT molecular complexity index is 933. The lowest BCUT2D eigenvalue weighted by atomic mass is 9.95. The SMILES string of the molecule is OC[C@@H]1[C@@H](c2ccccc2)[C@]12CN(c1nnc(-c3ccccc3)s1)C[C@H]2O. The van der Waals surface area contributed by atoms with Gasteiger partial charge < -0.3 is 15.1 Å². The van der Waals surface area contributed by atoms with Crippen LogP contribution in [0.3, 0.4) is 0 Å². The number of β-amino-alcohol motifs (C(OH)–C–C–N with tert-alkyl or cyclic N) is 1. The number of benzene rings is 2. The highest BCUT2D eigenvalue weighted by atomic mass is 32.1. The molecule has 138 valence electrons. The summed E-state index contributed by atoms with van der Waals surface area (Å²) in [5.74, 6) is 0.270. The summed E-state index contributed by atoms with van der Waals surface area (Å²) >= 11 is 1.55. The Morgan fingerprint density at radius 2 is 1.74 bits per heavy atom. The molecule has 4 atom stereocenters. The maximum absolute atomic E-state index is 10.9. The molecule has 0 radical (unpaired) electrons. The van der Waals surface area contributed by atoms with Gasteiger partial charge in [0.15, 0.2) is 0 Å². The number of hydrogen-bond acceptors (Lipinski definition) is 6. The van der Waals surface area contributed by atoms with E-state index < -0.39 is 6.10 Å². The van der Waals surface area contributed by atoms with E-state index in [1.807, 2.05) is 48.5 Å². The summed E-state index contributed by atoms with van der Waals surface area (Å²) in [5, 5.41) is 31.3. The van der Waals surface area contributed by atoms with E-state index in [1.54, 1.807) is 11.3 Å². The van der Waals surface area contributed by atoms with E-state index in [4.69, 9.17) is 0 Å². The average molecular weight is 379 g/mol. The van der Waals surface area contributed by atoms with Crippen LogP contribution in [-0.4, -0.2) is 46.2 Å². The van der Waals surface area contributed by atoms with Crippen molar-refractivity contribution in [1.82, 2.24) is 10.2 Å². The summed E-state index contributed by atoms with van der Waals surface area (Å²) in [7, 11) is 0. The van der Waals surface area contributed by atoms with Crippen molar-refractivity contribution in [2.24, 2.45) is 11.3 Å². The van der Waals surface area contributed by atoms with Crippen LogP contribution in [-0.2, 0) is 0 Å². The Morgan fingerprint density at radius 1 is 1.04 bits per heavy atom. The van der Waals surface area contributed by atoms with Crippen LogP contribution in [0.1, 0.15) is 11.5 Å². The molecule has 1 saturated carbocycles. The summed E-state index contributed by atoms with van der Waals surface area (Å²) < 4.78 is 0. The Labute approximate surface area is 161 Å². The van der Waals surface area contributed by atoms with E-state index in [0.29, 0.717) is 13.1 Å². The van der Waals surface area contributed by atoms with E-state index in [0.717, 1.165) is 15.7 Å². The molecule has 2 fully saturated rings. The Hall–Kier alpha value is -2.28. The zero-order chi connectivity index (χ0) is 18.4. The first kappa shape index (κ1) is 16.9. The molecule has 6 heteroatoms. The topological polar surface area (TPSA) is 69.5 Å². The molecule has 2 N–H and O–H groups in total. The van der Waals surface area contributed by atoms with Crippen LogP contribution in [0.2, 0.25) is 0 Å². The van der Waals surface area contributed by atoms with Gasteiger partial charge in [-0.05, 0) is 17.4 Å². The second kappa shape index (κ2) is 6.41. The molecule has 3 aromatic rings. The number of nitrogens with zero attached hydrogens (tertiary/aromatic N) is 3. The third-order valence-corrected chi connectivity index (χ3v) is 7.14. The molecular weight excluding hydrogens is 358 g/mol. The van der Waals surface area contributed by atoms with Crippen molar-refractivity contribution >= 4 is 16.5 Å². The van der Waals surface area contributed by atoms with Crippen molar-refractivity contribution in [3.63, 3.8) is 0 Å². The molecule has 5 rings (SSSR count). The van der Waals surface area contributed by atoms with Gasteiger partial charge in [-0.15, -0.1) is 10.2 Å². The maximum atomic E-state index is 10.9. The van der Waals surface area contributed by atoms with Crippen molar-refractivity contribution < 1.29 is 10.2 Å². The second-order valence-corrected chi connectivity index (χ2v) is 8.40. The van der Waals surface area contributed by atoms with Crippen LogP contribution in [0, 0.1) is 11.3 Å². The number of aliphatic hydroxyl groups is 2. The lowest BCUT2D eigenvalue weighted by Crippen LogP contribution is -2.23. The van der Waals surface area contributed by atoms with Crippen LogP contribution in [0.15, 0.2) is 60.7 Å². The molecule has 1 spiro atoms. The summed E-state index contributed by atoms with van der Waals surface area (Å²) in [6.45, 7) is 1.32. The molecule has 1 saturated heterocycles. The highest BCUT2D eigenvalue weighted by molar-refractivity contribution is 7.18. The minimum absolute atomic E-state index is 0.0846. The summed E-state index contributed by atoms with van der Waals surface area (Å²) in [6, 6.07) is 20.2. The van der Waals surface area contributed by atoms with Crippen LogP contribution in [0.5, 0.6) is 0 Å². The molecule has 2 aromatic carbocycles. The zero-order valence-electron chi connectivity index (χ0n) is 14.8. The third-order valence-electron chi connectivity index (χ3n) is 6.10. The summed E-state index contributed by atoms with van der Waals surface area (Å²) in [4.78, 5) is 2.13. The van der Waals surface area contributed by atoms with E-state index in [1.165, 1.54) is 5.56 Å². The van der Waals surface area contributed by atoms with Crippen molar-refractivity contribution in [2.45, 2.75) is 12.0 Å². The Kier molecular flexibility index (Phi) is 4.00. The molecule has 2 heterocycles. The lowest BCUT2D eigenvalue weighted by molar-refractivity contribution is 0.113. The molecule has 0 unspecified atom stereocenters. The number of anilines is 1. The van der Waals surface area contributed by atoms with Gasteiger partial charge in [-0.1, -0.05) is 72.0 Å².